The molecule has 6 heteroatoms. The van der Waals surface area contributed by atoms with Crippen LogP contribution in [0.25, 0.3) is 0 Å². The van der Waals surface area contributed by atoms with Gasteiger partial charge >= 0.3 is 0 Å². The Morgan fingerprint density at radius 1 is 1.50 bits per heavy atom. The maximum absolute atomic E-state index is 10.8. The van der Waals surface area contributed by atoms with Crippen LogP contribution in [0.3, 0.4) is 0 Å². The highest BCUT2D eigenvalue weighted by Crippen LogP contribution is 2.30. The lowest BCUT2D eigenvalue weighted by Crippen LogP contribution is -2.22. The first-order valence-corrected chi connectivity index (χ1v) is 6.74. The molecule has 0 aromatic heterocycles. The summed E-state index contributed by atoms with van der Waals surface area (Å²) in [6.45, 7) is 3.20. The lowest BCUT2D eigenvalue weighted by atomic mass is 10.0. The van der Waals surface area contributed by atoms with Crippen LogP contribution in [0.1, 0.15) is 24.2 Å². The number of hydrogen-bond donors (Lipinski definition) is 3. The number of thioether (sulfide) groups is 1. The molecule has 0 aliphatic heterocycles. The summed E-state index contributed by atoms with van der Waals surface area (Å²) < 4.78 is 0. The van der Waals surface area contributed by atoms with E-state index < -0.39 is 12.2 Å². The highest BCUT2D eigenvalue weighted by atomic mass is 35.5. The van der Waals surface area contributed by atoms with Gasteiger partial charge in [0.1, 0.15) is 6.10 Å². The topological polar surface area (TPSA) is 83.5 Å². The van der Waals surface area contributed by atoms with Gasteiger partial charge in [0.2, 0.25) is 0 Å². The molecule has 1 aromatic rings. The number of aryl methyl sites for hydroxylation is 1. The Hall–Kier alpha value is -0.750. The first kappa shape index (κ1) is 15.3. The lowest BCUT2D eigenvalue weighted by Gasteiger charge is -2.19. The smallest absolute Gasteiger partial charge is 0.185 e. The molecule has 0 radical (unpaired) electrons. The van der Waals surface area contributed by atoms with E-state index in [0.717, 1.165) is 17.3 Å². The number of nitrogen functional groups attached to an aromatic ring is 1. The molecular weight excluding hydrogens is 274 g/mol. The second-order valence-electron chi connectivity index (χ2n) is 4.05. The molecule has 4 N–H and O–H groups in total. The number of carbonyl (C=O) groups is 1. The molecular formula is C12H16ClNO3S. The minimum atomic E-state index is -1.14. The van der Waals surface area contributed by atoms with Gasteiger partial charge in [0.15, 0.2) is 5.12 Å². The molecule has 0 aliphatic rings. The average molecular weight is 290 g/mol. The molecule has 0 saturated carbocycles. The zero-order chi connectivity index (χ0) is 13.9. The van der Waals surface area contributed by atoms with Crippen LogP contribution in [0.2, 0.25) is 5.02 Å². The third-order valence-electron chi connectivity index (χ3n) is 2.53. The van der Waals surface area contributed by atoms with Crippen LogP contribution in [0.4, 0.5) is 5.69 Å². The van der Waals surface area contributed by atoms with Crippen molar-refractivity contribution in [3.63, 3.8) is 0 Å². The summed E-state index contributed by atoms with van der Waals surface area (Å²) in [5.41, 5.74) is 7.41. The number of aliphatic hydroxyl groups excluding tert-OH is 2. The molecule has 0 spiro atoms. The van der Waals surface area contributed by atoms with Gasteiger partial charge < -0.3 is 15.9 Å². The summed E-state index contributed by atoms with van der Waals surface area (Å²) in [7, 11) is 0. The van der Waals surface area contributed by atoms with Crippen molar-refractivity contribution >= 4 is 34.2 Å². The molecule has 0 bridgehead atoms. The van der Waals surface area contributed by atoms with E-state index in [1.54, 1.807) is 19.1 Å². The molecule has 100 valence electrons. The average Bonchev–Trinajstić information content (AvgIpc) is 2.29. The Bertz CT molecular complexity index is 453. The molecule has 0 aliphatic carbocycles. The minimum Gasteiger partial charge on any atom is -0.398 e. The zero-order valence-electron chi connectivity index (χ0n) is 10.2. The van der Waals surface area contributed by atoms with Crippen molar-refractivity contribution in [3.05, 3.63) is 28.3 Å². The first-order valence-electron chi connectivity index (χ1n) is 5.38. The second kappa shape index (κ2) is 6.43. The van der Waals surface area contributed by atoms with Crippen LogP contribution in [-0.2, 0) is 4.79 Å². The van der Waals surface area contributed by atoms with Gasteiger partial charge in [-0.3, -0.25) is 4.79 Å². The number of anilines is 1. The van der Waals surface area contributed by atoms with Crippen molar-refractivity contribution in [3.8, 4) is 0 Å². The predicted molar refractivity (Wildman–Crippen MR) is 74.7 cm³/mol. The Balaban J connectivity index is 2.86. The molecule has 2 unspecified atom stereocenters. The van der Waals surface area contributed by atoms with Crippen LogP contribution >= 0.6 is 23.4 Å². The summed E-state index contributed by atoms with van der Waals surface area (Å²) in [5, 5.41) is 20.0. The van der Waals surface area contributed by atoms with Crippen LogP contribution < -0.4 is 5.73 Å². The van der Waals surface area contributed by atoms with Crippen molar-refractivity contribution in [2.45, 2.75) is 26.1 Å². The molecule has 0 saturated heterocycles. The summed E-state index contributed by atoms with van der Waals surface area (Å²) in [6, 6.07) is 3.18. The Labute approximate surface area is 115 Å². The lowest BCUT2D eigenvalue weighted by molar-refractivity contribution is -0.109. The monoisotopic (exact) mass is 289 g/mol. The molecule has 2 atom stereocenters. The van der Waals surface area contributed by atoms with E-state index in [2.05, 4.69) is 0 Å². The molecule has 4 nitrogen and oxygen atoms in total. The van der Waals surface area contributed by atoms with Crippen LogP contribution in [0, 0.1) is 6.92 Å². The van der Waals surface area contributed by atoms with Gasteiger partial charge in [-0.05, 0) is 24.6 Å². The number of aliphatic hydroxyl groups is 2. The van der Waals surface area contributed by atoms with Crippen molar-refractivity contribution in [1.29, 1.82) is 0 Å². The highest BCUT2D eigenvalue weighted by Gasteiger charge is 2.22. The van der Waals surface area contributed by atoms with Gasteiger partial charge in [0.05, 0.1) is 6.10 Å². The molecule has 0 fully saturated rings. The molecule has 1 rings (SSSR count). The van der Waals surface area contributed by atoms with Crippen LogP contribution in [0.5, 0.6) is 0 Å². The minimum absolute atomic E-state index is 0.110. The maximum Gasteiger partial charge on any atom is 0.185 e. The van der Waals surface area contributed by atoms with Gasteiger partial charge in [0.25, 0.3) is 0 Å². The highest BCUT2D eigenvalue weighted by molar-refractivity contribution is 8.13. The molecule has 0 amide bonds. The maximum atomic E-state index is 10.8. The van der Waals surface area contributed by atoms with E-state index in [1.807, 2.05) is 0 Å². The third-order valence-corrected chi connectivity index (χ3v) is 3.77. The Morgan fingerprint density at radius 2 is 2.11 bits per heavy atom. The number of halogens is 1. The summed E-state index contributed by atoms with van der Waals surface area (Å²) in [5.74, 6) is 0.121. The van der Waals surface area contributed by atoms with Crippen LogP contribution in [-0.4, -0.2) is 27.2 Å². The van der Waals surface area contributed by atoms with Gasteiger partial charge in [-0.15, -0.1) is 0 Å². The number of benzene rings is 1. The first-order chi connectivity index (χ1) is 8.32. The molecule has 1 aromatic carbocycles. The van der Waals surface area contributed by atoms with Gasteiger partial charge in [0, 0.05) is 29.0 Å². The van der Waals surface area contributed by atoms with Crippen molar-refractivity contribution in [2.24, 2.45) is 0 Å². The SMILES string of the molecule is CC(=O)SCC(O)C(O)c1cc(C)c(N)cc1Cl. The summed E-state index contributed by atoms with van der Waals surface area (Å²) in [6.07, 6.45) is -2.19. The summed E-state index contributed by atoms with van der Waals surface area (Å²) in [4.78, 5) is 10.8. The van der Waals surface area contributed by atoms with E-state index in [9.17, 15) is 15.0 Å². The number of hydrogen-bond acceptors (Lipinski definition) is 5. The van der Waals surface area contributed by atoms with Crippen molar-refractivity contribution < 1.29 is 15.0 Å². The number of rotatable bonds is 4. The largest absolute Gasteiger partial charge is 0.398 e. The van der Waals surface area contributed by atoms with Gasteiger partial charge in [-0.25, -0.2) is 0 Å². The third kappa shape index (κ3) is 3.88. The Morgan fingerprint density at radius 3 is 2.67 bits per heavy atom. The number of nitrogens with two attached hydrogens (primary N) is 1. The van der Waals surface area contributed by atoms with E-state index >= 15 is 0 Å². The summed E-state index contributed by atoms with van der Waals surface area (Å²) >= 11 is 6.94. The fourth-order valence-electron chi connectivity index (χ4n) is 1.45. The van der Waals surface area contributed by atoms with E-state index in [1.165, 1.54) is 6.92 Å². The van der Waals surface area contributed by atoms with Gasteiger partial charge in [-0.2, -0.15) is 0 Å². The van der Waals surface area contributed by atoms with Crippen LogP contribution in [0.15, 0.2) is 12.1 Å². The normalized spacial score (nSPS) is 14.3. The predicted octanol–water partition coefficient (Wildman–Crippen LogP) is 1.90. The van der Waals surface area contributed by atoms with Crippen molar-refractivity contribution in [1.82, 2.24) is 0 Å². The quantitative estimate of drug-likeness (QED) is 0.738. The second-order valence-corrected chi connectivity index (χ2v) is 5.65. The standard InChI is InChI=1S/C12H16ClNO3S/c1-6-3-8(9(13)4-10(6)14)12(17)11(16)5-18-7(2)15/h3-4,11-12,16-17H,5,14H2,1-2H3. The van der Waals surface area contributed by atoms with Crippen molar-refractivity contribution in [2.75, 3.05) is 11.5 Å². The van der Waals surface area contributed by atoms with E-state index in [0.29, 0.717) is 16.3 Å². The fourth-order valence-corrected chi connectivity index (χ4v) is 2.32. The number of carbonyl (C=O) groups excluding carboxylic acids is 1. The zero-order valence-corrected chi connectivity index (χ0v) is 11.8. The Kier molecular flexibility index (Phi) is 5.47. The fraction of sp³-hybridized carbons (Fsp3) is 0.417. The molecule has 0 heterocycles. The van der Waals surface area contributed by atoms with E-state index in [-0.39, 0.29) is 10.9 Å². The van der Waals surface area contributed by atoms with Gasteiger partial charge in [-0.1, -0.05) is 23.4 Å². The van der Waals surface area contributed by atoms with E-state index in [4.69, 9.17) is 17.3 Å². The molecule has 18 heavy (non-hydrogen) atoms.